The van der Waals surface area contributed by atoms with Gasteiger partial charge >= 0.3 is 0 Å². The van der Waals surface area contributed by atoms with Crippen LogP contribution in [0.3, 0.4) is 0 Å². The summed E-state index contributed by atoms with van der Waals surface area (Å²) in [4.78, 5) is 29.6. The Hall–Kier alpha value is -2.93. The molecule has 2 fully saturated rings. The predicted octanol–water partition coefficient (Wildman–Crippen LogP) is 4.34. The van der Waals surface area contributed by atoms with Crippen LogP contribution in [0.2, 0.25) is 0 Å². The van der Waals surface area contributed by atoms with Gasteiger partial charge in [-0.2, -0.15) is 0 Å². The Labute approximate surface area is 194 Å². The maximum absolute atomic E-state index is 13.3. The van der Waals surface area contributed by atoms with Gasteiger partial charge < -0.3 is 9.80 Å². The second-order valence-corrected chi connectivity index (χ2v) is 11.5. The average Bonchev–Trinajstić information content (AvgIpc) is 3.62. The zero-order valence-corrected chi connectivity index (χ0v) is 19.6. The molecule has 0 bridgehead atoms. The van der Waals surface area contributed by atoms with Crippen molar-refractivity contribution in [3.63, 3.8) is 0 Å². The maximum atomic E-state index is 13.3. The van der Waals surface area contributed by atoms with Gasteiger partial charge in [0, 0.05) is 12.8 Å². The van der Waals surface area contributed by atoms with E-state index in [2.05, 4.69) is 6.58 Å². The zero-order valence-electron chi connectivity index (χ0n) is 18.7. The smallest absolute Gasteiger partial charge is 0.230 e. The van der Waals surface area contributed by atoms with Crippen molar-refractivity contribution in [2.45, 2.75) is 55.2 Å². The molecule has 2 saturated carbocycles. The van der Waals surface area contributed by atoms with Gasteiger partial charge in [0.05, 0.1) is 34.1 Å². The van der Waals surface area contributed by atoms with Gasteiger partial charge in [-0.3, -0.25) is 9.59 Å². The third-order valence-corrected chi connectivity index (χ3v) is 9.32. The molecule has 6 nitrogen and oxygen atoms in total. The first-order valence-corrected chi connectivity index (χ1v) is 13.1. The van der Waals surface area contributed by atoms with Gasteiger partial charge in [0.15, 0.2) is 9.84 Å². The monoisotopic (exact) mass is 464 g/mol. The van der Waals surface area contributed by atoms with E-state index in [4.69, 9.17) is 0 Å². The van der Waals surface area contributed by atoms with Crippen LogP contribution in [0.15, 0.2) is 60.0 Å². The van der Waals surface area contributed by atoms with Crippen molar-refractivity contribution in [2.24, 2.45) is 5.92 Å². The van der Waals surface area contributed by atoms with E-state index >= 15 is 0 Å². The number of amides is 2. The molecule has 1 heterocycles. The van der Waals surface area contributed by atoms with Crippen molar-refractivity contribution in [2.75, 3.05) is 16.3 Å². The quantitative estimate of drug-likeness (QED) is 0.617. The minimum Gasteiger partial charge on any atom is -0.308 e. The molecule has 2 amide bonds. The molecular weight excluding hydrogens is 436 g/mol. The molecule has 5 rings (SSSR count). The van der Waals surface area contributed by atoms with Gasteiger partial charge in [0.2, 0.25) is 11.8 Å². The molecule has 0 saturated heterocycles. The number of hydrogen-bond acceptors (Lipinski definition) is 4. The van der Waals surface area contributed by atoms with Crippen LogP contribution >= 0.6 is 0 Å². The lowest BCUT2D eigenvalue weighted by molar-refractivity contribution is -0.125. The summed E-state index contributed by atoms with van der Waals surface area (Å²) in [6, 6.07) is 12.4. The molecule has 0 aromatic heterocycles. The molecule has 172 valence electrons. The molecule has 2 aromatic carbocycles. The Morgan fingerprint density at radius 1 is 0.970 bits per heavy atom. The van der Waals surface area contributed by atoms with E-state index in [1.54, 1.807) is 28.0 Å². The largest absolute Gasteiger partial charge is 0.308 e. The van der Waals surface area contributed by atoms with Crippen LogP contribution in [0.25, 0.3) is 11.1 Å². The molecule has 2 aliphatic carbocycles. The SMILES string of the molecule is C=C[C@H]1CN(C(=O)C2CCC2)c2cc(-c3ccc(S(=O)(=O)C4CC4)cc3)ccc2N1C(C)=O. The first-order valence-electron chi connectivity index (χ1n) is 11.5. The zero-order chi connectivity index (χ0) is 23.3. The van der Waals surface area contributed by atoms with Gasteiger partial charge in [-0.25, -0.2) is 8.42 Å². The molecule has 3 aliphatic rings. The second-order valence-electron chi connectivity index (χ2n) is 9.24. The summed E-state index contributed by atoms with van der Waals surface area (Å²) in [6.45, 7) is 5.80. The third kappa shape index (κ3) is 3.78. The van der Waals surface area contributed by atoms with E-state index in [-0.39, 0.29) is 29.0 Å². The highest BCUT2D eigenvalue weighted by atomic mass is 32.2. The van der Waals surface area contributed by atoms with E-state index in [0.29, 0.717) is 22.8 Å². The molecule has 33 heavy (non-hydrogen) atoms. The van der Waals surface area contributed by atoms with Crippen LogP contribution < -0.4 is 9.80 Å². The highest BCUT2D eigenvalue weighted by Gasteiger charge is 2.39. The van der Waals surface area contributed by atoms with E-state index < -0.39 is 9.84 Å². The lowest BCUT2D eigenvalue weighted by Gasteiger charge is -2.43. The highest BCUT2D eigenvalue weighted by molar-refractivity contribution is 7.92. The summed E-state index contributed by atoms with van der Waals surface area (Å²) >= 11 is 0. The van der Waals surface area contributed by atoms with Crippen LogP contribution in [0, 0.1) is 5.92 Å². The van der Waals surface area contributed by atoms with Crippen molar-refractivity contribution in [3.8, 4) is 11.1 Å². The lowest BCUT2D eigenvalue weighted by atomic mass is 9.83. The van der Waals surface area contributed by atoms with E-state index in [0.717, 1.165) is 43.2 Å². The first kappa shape index (κ1) is 21.9. The van der Waals surface area contributed by atoms with Crippen molar-refractivity contribution in [3.05, 3.63) is 55.1 Å². The van der Waals surface area contributed by atoms with Crippen LogP contribution in [-0.4, -0.2) is 38.1 Å². The predicted molar refractivity (Wildman–Crippen MR) is 129 cm³/mol. The van der Waals surface area contributed by atoms with Crippen LogP contribution in [0.5, 0.6) is 0 Å². The van der Waals surface area contributed by atoms with Gasteiger partial charge in [0.25, 0.3) is 0 Å². The van der Waals surface area contributed by atoms with Gasteiger partial charge in [-0.15, -0.1) is 6.58 Å². The van der Waals surface area contributed by atoms with Gasteiger partial charge in [0.1, 0.15) is 0 Å². The van der Waals surface area contributed by atoms with E-state index in [1.165, 1.54) is 6.92 Å². The van der Waals surface area contributed by atoms with Crippen LogP contribution in [0.4, 0.5) is 11.4 Å². The Morgan fingerprint density at radius 2 is 1.64 bits per heavy atom. The summed E-state index contributed by atoms with van der Waals surface area (Å²) in [6.07, 6.45) is 6.05. The van der Waals surface area contributed by atoms with Crippen LogP contribution in [0.1, 0.15) is 39.0 Å². The summed E-state index contributed by atoms with van der Waals surface area (Å²) in [5.41, 5.74) is 3.15. The number of fused-ring (bicyclic) bond motifs is 1. The van der Waals surface area contributed by atoms with Gasteiger partial charge in [-0.05, 0) is 61.1 Å². The van der Waals surface area contributed by atoms with Crippen molar-refractivity contribution >= 4 is 33.0 Å². The number of hydrogen-bond donors (Lipinski definition) is 0. The molecule has 1 atom stereocenters. The number of nitrogens with zero attached hydrogens (tertiary/aromatic N) is 2. The summed E-state index contributed by atoms with van der Waals surface area (Å²) in [5.74, 6) is 0.0302. The fourth-order valence-electron chi connectivity index (χ4n) is 4.74. The minimum atomic E-state index is -3.24. The summed E-state index contributed by atoms with van der Waals surface area (Å²) in [5, 5.41) is -0.242. The van der Waals surface area contributed by atoms with E-state index in [9.17, 15) is 18.0 Å². The van der Waals surface area contributed by atoms with Gasteiger partial charge in [-0.1, -0.05) is 30.7 Å². The number of benzene rings is 2. The summed E-state index contributed by atoms with van der Waals surface area (Å²) in [7, 11) is -3.24. The Bertz CT molecular complexity index is 1230. The summed E-state index contributed by atoms with van der Waals surface area (Å²) < 4.78 is 25.0. The first-order chi connectivity index (χ1) is 15.8. The fraction of sp³-hybridized carbons (Fsp3) is 0.385. The van der Waals surface area contributed by atoms with Crippen LogP contribution in [-0.2, 0) is 19.4 Å². The number of anilines is 2. The second kappa shape index (κ2) is 8.13. The molecule has 7 heteroatoms. The number of carbonyl (C=O) groups is 2. The molecular formula is C26H28N2O4S. The Balaban J connectivity index is 1.54. The number of rotatable bonds is 5. The molecule has 1 aliphatic heterocycles. The molecule has 0 N–H and O–H groups in total. The Morgan fingerprint density at radius 3 is 2.18 bits per heavy atom. The Kier molecular flexibility index (Phi) is 5.40. The fourth-order valence-corrected chi connectivity index (χ4v) is 6.40. The molecule has 2 aromatic rings. The van der Waals surface area contributed by atoms with Crippen molar-refractivity contribution < 1.29 is 18.0 Å². The topological polar surface area (TPSA) is 74.8 Å². The average molecular weight is 465 g/mol. The lowest BCUT2D eigenvalue weighted by Crippen LogP contribution is -2.53. The van der Waals surface area contributed by atoms with E-state index in [1.807, 2.05) is 30.3 Å². The van der Waals surface area contributed by atoms with Crippen molar-refractivity contribution in [1.29, 1.82) is 0 Å². The highest BCUT2D eigenvalue weighted by Crippen LogP contribution is 2.42. The maximum Gasteiger partial charge on any atom is 0.230 e. The number of carbonyl (C=O) groups excluding carboxylic acids is 2. The molecule has 0 radical (unpaired) electrons. The molecule has 0 unspecified atom stereocenters. The number of sulfone groups is 1. The normalized spacial score (nSPS) is 20.7. The van der Waals surface area contributed by atoms with Crippen molar-refractivity contribution in [1.82, 2.24) is 0 Å². The standard InChI is InChI=1S/C26H28N2O4S/c1-3-21-16-27(26(30)19-5-4-6-19)25-15-20(9-14-24(25)28(21)17(2)29)18-7-10-22(11-8-18)33(31,32)23-12-13-23/h3,7-11,14-15,19,21,23H,1,4-6,12-13,16H2,2H3/t21-/m0/s1. The third-order valence-electron chi connectivity index (χ3n) is 7.04. The molecule has 0 spiro atoms. The minimum absolute atomic E-state index is 0.0303.